The molecule has 1 N–H and O–H groups in total. The Morgan fingerprint density at radius 3 is 2.69 bits per heavy atom. The first-order chi connectivity index (χ1) is 7.58. The third kappa shape index (κ3) is 1.33. The molecule has 0 amide bonds. The molecule has 0 atom stereocenters. The van der Waals surface area contributed by atoms with Gasteiger partial charge in [0.25, 0.3) is 0 Å². The Morgan fingerprint density at radius 2 is 2.19 bits per heavy atom. The maximum atomic E-state index is 10.5. The summed E-state index contributed by atoms with van der Waals surface area (Å²) in [7, 11) is 0. The molecule has 2 saturated carbocycles. The largest absolute Gasteiger partial charge is 0.393 e. The van der Waals surface area contributed by atoms with Crippen LogP contribution in [0.25, 0.3) is 0 Å². The summed E-state index contributed by atoms with van der Waals surface area (Å²) in [5.74, 6) is -0.0883. The number of hydrogen-bond acceptors (Lipinski definition) is 4. The summed E-state index contributed by atoms with van der Waals surface area (Å²) in [6.07, 6.45) is 6.70. The number of nitro groups is 1. The lowest BCUT2D eigenvalue weighted by Crippen LogP contribution is -2.50. The number of imidazole rings is 1. The van der Waals surface area contributed by atoms with Gasteiger partial charge in [-0.25, -0.2) is 0 Å². The van der Waals surface area contributed by atoms with Gasteiger partial charge in [-0.15, -0.1) is 0 Å². The van der Waals surface area contributed by atoms with E-state index >= 15 is 0 Å². The van der Waals surface area contributed by atoms with Gasteiger partial charge in [-0.2, -0.15) is 0 Å². The molecule has 3 rings (SSSR count). The van der Waals surface area contributed by atoms with Crippen LogP contribution in [0.4, 0.5) is 5.82 Å². The first kappa shape index (κ1) is 9.77. The van der Waals surface area contributed by atoms with Crippen LogP contribution in [0.5, 0.6) is 0 Å². The van der Waals surface area contributed by atoms with Gasteiger partial charge in [0, 0.05) is 6.04 Å². The first-order valence-electron chi connectivity index (χ1n) is 5.44. The monoisotopic (exact) mass is 223 g/mol. The van der Waals surface area contributed by atoms with E-state index in [-0.39, 0.29) is 11.9 Å². The lowest BCUT2D eigenvalue weighted by atomic mass is 9.53. The van der Waals surface area contributed by atoms with Crippen LogP contribution in [-0.4, -0.2) is 25.7 Å². The van der Waals surface area contributed by atoms with Crippen LogP contribution >= 0.6 is 0 Å². The van der Waals surface area contributed by atoms with E-state index in [1.54, 1.807) is 0 Å². The Kier molecular flexibility index (Phi) is 1.85. The van der Waals surface area contributed by atoms with Gasteiger partial charge in [0.1, 0.15) is 6.20 Å². The van der Waals surface area contributed by atoms with Gasteiger partial charge in [-0.1, -0.05) is 0 Å². The molecule has 0 saturated heterocycles. The summed E-state index contributed by atoms with van der Waals surface area (Å²) in [6, 6.07) is 0.327. The predicted molar refractivity (Wildman–Crippen MR) is 54.8 cm³/mol. The summed E-state index contributed by atoms with van der Waals surface area (Å²) in [5.41, 5.74) is 0.323. The van der Waals surface area contributed by atoms with Crippen LogP contribution < -0.4 is 0 Å². The van der Waals surface area contributed by atoms with Crippen LogP contribution in [0, 0.1) is 15.5 Å². The standard InChI is InChI=1S/C10H13N3O3/c14-8-3-10(4-8)1-7(2-10)12-5-9(11-6-12)13(15)16/h5-8,14H,1-4H2. The normalized spacial score (nSPS) is 36.8. The molecule has 0 unspecified atom stereocenters. The molecule has 2 aliphatic rings. The third-order valence-corrected chi connectivity index (χ3v) is 3.87. The number of aromatic nitrogens is 2. The number of aliphatic hydroxyl groups excluding tert-OH is 1. The van der Waals surface area contributed by atoms with Crippen molar-refractivity contribution < 1.29 is 10.0 Å². The average Bonchev–Trinajstić information content (AvgIpc) is 2.57. The van der Waals surface area contributed by atoms with Gasteiger partial charge in [-0.3, -0.25) is 0 Å². The zero-order valence-electron chi connectivity index (χ0n) is 8.74. The van der Waals surface area contributed by atoms with E-state index in [0.717, 1.165) is 25.7 Å². The number of nitrogens with zero attached hydrogens (tertiary/aromatic N) is 3. The van der Waals surface area contributed by atoms with E-state index in [1.165, 1.54) is 12.5 Å². The third-order valence-electron chi connectivity index (χ3n) is 3.87. The van der Waals surface area contributed by atoms with Crippen molar-refractivity contribution >= 4 is 5.82 Å². The second kappa shape index (κ2) is 3.04. The molecular weight excluding hydrogens is 210 g/mol. The van der Waals surface area contributed by atoms with Crippen molar-refractivity contribution in [2.24, 2.45) is 5.41 Å². The van der Waals surface area contributed by atoms with Crippen LogP contribution in [0.2, 0.25) is 0 Å². The second-order valence-corrected chi connectivity index (χ2v) is 5.06. The van der Waals surface area contributed by atoms with Crippen LogP contribution in [-0.2, 0) is 0 Å². The highest BCUT2D eigenvalue weighted by molar-refractivity contribution is 5.15. The Bertz CT molecular complexity index is 428. The molecule has 0 aromatic carbocycles. The highest BCUT2D eigenvalue weighted by Gasteiger charge is 2.53. The zero-order valence-corrected chi connectivity index (χ0v) is 8.74. The average molecular weight is 223 g/mol. The second-order valence-electron chi connectivity index (χ2n) is 5.06. The molecule has 0 radical (unpaired) electrons. The highest BCUT2D eigenvalue weighted by Crippen LogP contribution is 2.60. The van der Waals surface area contributed by atoms with E-state index in [9.17, 15) is 15.2 Å². The number of aliphatic hydroxyl groups is 1. The Labute approximate surface area is 92.1 Å². The van der Waals surface area contributed by atoms with E-state index in [1.807, 2.05) is 4.57 Å². The van der Waals surface area contributed by atoms with E-state index in [4.69, 9.17) is 0 Å². The Hall–Kier alpha value is -1.43. The lowest BCUT2D eigenvalue weighted by Gasteiger charge is -2.56. The summed E-state index contributed by atoms with van der Waals surface area (Å²) in [4.78, 5) is 13.7. The zero-order chi connectivity index (χ0) is 11.3. The van der Waals surface area contributed by atoms with Crippen molar-refractivity contribution in [3.63, 3.8) is 0 Å². The van der Waals surface area contributed by atoms with E-state index in [2.05, 4.69) is 4.98 Å². The fourth-order valence-corrected chi connectivity index (χ4v) is 3.04. The molecule has 2 aliphatic carbocycles. The fourth-order valence-electron chi connectivity index (χ4n) is 3.04. The molecule has 86 valence electrons. The molecule has 0 bridgehead atoms. The SMILES string of the molecule is O=[N+]([O-])c1cn(C2CC3(CC(O)C3)C2)cn1. The lowest BCUT2D eigenvalue weighted by molar-refractivity contribution is -0.389. The maximum absolute atomic E-state index is 10.5. The van der Waals surface area contributed by atoms with Gasteiger partial charge in [0.05, 0.1) is 6.10 Å². The van der Waals surface area contributed by atoms with Crippen molar-refractivity contribution in [1.82, 2.24) is 9.55 Å². The Balaban J connectivity index is 1.65. The molecule has 6 heteroatoms. The van der Waals surface area contributed by atoms with Crippen molar-refractivity contribution in [3.8, 4) is 0 Å². The number of hydrogen-bond donors (Lipinski definition) is 1. The van der Waals surface area contributed by atoms with E-state index in [0.29, 0.717) is 11.5 Å². The Morgan fingerprint density at radius 1 is 1.50 bits per heavy atom. The van der Waals surface area contributed by atoms with Crippen LogP contribution in [0.15, 0.2) is 12.5 Å². The molecule has 0 aliphatic heterocycles. The maximum Gasteiger partial charge on any atom is 0.381 e. The summed E-state index contributed by atoms with van der Waals surface area (Å²) >= 11 is 0. The predicted octanol–water partition coefficient (Wildman–Crippen LogP) is 1.27. The molecule has 6 nitrogen and oxygen atoms in total. The minimum atomic E-state index is -0.474. The topological polar surface area (TPSA) is 81.2 Å². The molecular formula is C10H13N3O3. The highest BCUT2D eigenvalue weighted by atomic mass is 16.6. The van der Waals surface area contributed by atoms with Gasteiger partial charge < -0.3 is 19.8 Å². The van der Waals surface area contributed by atoms with E-state index < -0.39 is 4.92 Å². The first-order valence-corrected chi connectivity index (χ1v) is 5.44. The molecule has 1 aromatic rings. The van der Waals surface area contributed by atoms with Crippen molar-refractivity contribution in [2.45, 2.75) is 37.8 Å². The van der Waals surface area contributed by atoms with Gasteiger partial charge in [0.15, 0.2) is 0 Å². The molecule has 16 heavy (non-hydrogen) atoms. The molecule has 2 fully saturated rings. The minimum absolute atomic E-state index is 0.0883. The quantitative estimate of drug-likeness (QED) is 0.604. The summed E-state index contributed by atoms with van der Waals surface area (Å²) < 4.78 is 1.83. The van der Waals surface area contributed by atoms with Gasteiger partial charge >= 0.3 is 5.82 Å². The summed E-state index contributed by atoms with van der Waals surface area (Å²) in [5, 5.41) is 19.8. The fraction of sp³-hybridized carbons (Fsp3) is 0.700. The molecule has 1 heterocycles. The van der Waals surface area contributed by atoms with Crippen LogP contribution in [0.3, 0.4) is 0 Å². The smallest absolute Gasteiger partial charge is 0.381 e. The number of rotatable bonds is 2. The van der Waals surface area contributed by atoms with Gasteiger partial charge in [-0.05, 0) is 41.0 Å². The minimum Gasteiger partial charge on any atom is -0.393 e. The van der Waals surface area contributed by atoms with Crippen LogP contribution in [0.1, 0.15) is 31.7 Å². The van der Waals surface area contributed by atoms with Crippen molar-refractivity contribution in [2.75, 3.05) is 0 Å². The van der Waals surface area contributed by atoms with Crippen molar-refractivity contribution in [3.05, 3.63) is 22.6 Å². The van der Waals surface area contributed by atoms with Gasteiger partial charge in [0.2, 0.25) is 6.33 Å². The molecule has 1 aromatic heterocycles. The molecule has 1 spiro atoms. The summed E-state index contributed by atoms with van der Waals surface area (Å²) in [6.45, 7) is 0. The van der Waals surface area contributed by atoms with Crippen molar-refractivity contribution in [1.29, 1.82) is 0 Å².